The molecule has 15 heavy (non-hydrogen) atoms. The number of likely N-dealkylation sites (tertiary alicyclic amines) is 1. The molecule has 1 unspecified atom stereocenters. The van der Waals surface area contributed by atoms with E-state index >= 15 is 0 Å². The van der Waals surface area contributed by atoms with E-state index < -0.39 is 6.09 Å². The number of carboxylic acid groups (broad SMARTS) is 1. The number of hydrogen-bond acceptors (Lipinski definition) is 2. The molecule has 0 saturated carbocycles. The zero-order valence-electron chi connectivity index (χ0n) is 9.91. The minimum atomic E-state index is -0.927. The van der Waals surface area contributed by atoms with Crippen LogP contribution < -0.4 is 0 Å². The van der Waals surface area contributed by atoms with Crippen LogP contribution in [0.5, 0.6) is 0 Å². The first-order valence-corrected chi connectivity index (χ1v) is 3.62. The third kappa shape index (κ3) is 7.24. The van der Waals surface area contributed by atoms with Gasteiger partial charge in [-0.3, -0.25) is 4.79 Å². The fourth-order valence-electron chi connectivity index (χ4n) is 1.19. The number of hydrogen-bond donors (Lipinski definition) is 1. The molecule has 1 aliphatic rings. The number of carbonyl (C=O) groups excluding carboxylic acids is 1. The molecule has 1 fully saturated rings. The van der Waals surface area contributed by atoms with Crippen molar-refractivity contribution in [1.82, 2.24) is 4.90 Å². The van der Waals surface area contributed by atoms with Crippen molar-refractivity contribution in [2.24, 2.45) is 5.92 Å². The van der Waals surface area contributed by atoms with E-state index in [0.717, 1.165) is 0 Å². The number of Topliss-reactive ketones (excluding diaryl/α,β-unsaturated/α-hetero) is 1. The van der Waals surface area contributed by atoms with Crippen LogP contribution in [0, 0.1) is 69.9 Å². The van der Waals surface area contributed by atoms with Gasteiger partial charge in [0.15, 0.2) is 0 Å². The maximum Gasteiger partial charge on any atom is 3.00 e. The van der Waals surface area contributed by atoms with Gasteiger partial charge in [-0.2, -0.15) is 0 Å². The third-order valence-electron chi connectivity index (χ3n) is 1.94. The predicted molar refractivity (Wildman–Crippen MR) is 57.6 cm³/mol. The Morgan fingerprint density at radius 2 is 1.87 bits per heavy atom. The number of ketones is 1. The van der Waals surface area contributed by atoms with E-state index in [1.165, 1.54) is 4.90 Å². The molecule has 1 N–H and O–H groups in total. The zero-order valence-corrected chi connectivity index (χ0v) is 13.0. The van der Waals surface area contributed by atoms with Crippen molar-refractivity contribution in [3.05, 3.63) is 22.3 Å². The van der Waals surface area contributed by atoms with Crippen molar-refractivity contribution in [3.8, 4) is 0 Å². The number of carbonyl (C=O) groups is 2. The number of amides is 1. The van der Waals surface area contributed by atoms with E-state index in [2.05, 4.69) is 0 Å². The molecule has 0 spiro atoms. The molecule has 0 aromatic heterocycles. The molecule has 87 valence electrons. The average molecular weight is 342 g/mol. The summed E-state index contributed by atoms with van der Waals surface area (Å²) in [7, 11) is 0. The topological polar surface area (TPSA) is 57.6 Å². The second kappa shape index (κ2) is 10.8. The second-order valence-electron chi connectivity index (χ2n) is 2.85. The summed E-state index contributed by atoms with van der Waals surface area (Å²) in [5.74, 6) is 0.0438. The van der Waals surface area contributed by atoms with Gasteiger partial charge in [-0.15, -0.1) is 0 Å². The van der Waals surface area contributed by atoms with Gasteiger partial charge >= 0.3 is 47.8 Å². The van der Waals surface area contributed by atoms with Crippen molar-refractivity contribution in [2.75, 3.05) is 13.1 Å². The molecule has 0 aliphatic carbocycles. The summed E-state index contributed by atoms with van der Waals surface area (Å²) in [4.78, 5) is 22.6. The first-order chi connectivity index (χ1) is 5.11. The summed E-state index contributed by atoms with van der Waals surface area (Å²) in [6, 6.07) is 0. The monoisotopic (exact) mass is 342 g/mol. The molecule has 0 aromatic rings. The third-order valence-corrected chi connectivity index (χ3v) is 1.94. The van der Waals surface area contributed by atoms with Gasteiger partial charge in [0.2, 0.25) is 0 Å². The molecule has 1 atom stereocenters. The van der Waals surface area contributed by atoms with Gasteiger partial charge < -0.3 is 32.3 Å². The molecule has 1 amide bonds. The van der Waals surface area contributed by atoms with Gasteiger partial charge in [-0.1, -0.05) is 6.92 Å². The standard InChI is InChI=1S/C7H11NO3.3CH3.Ce/c1-5-4-8(7(10)11)3-2-6(5)9;;;;/h5H,2-4H2,1H3,(H,10,11);3*1H3;/q;3*-1;+3. The van der Waals surface area contributed by atoms with Crippen LogP contribution in [0.3, 0.4) is 0 Å². The van der Waals surface area contributed by atoms with E-state index in [0.29, 0.717) is 19.5 Å². The minimum Gasteiger partial charge on any atom is -0.465 e. The van der Waals surface area contributed by atoms with Gasteiger partial charge in [0.05, 0.1) is 0 Å². The van der Waals surface area contributed by atoms with Crippen molar-refractivity contribution in [2.45, 2.75) is 13.3 Å². The van der Waals surface area contributed by atoms with Gasteiger partial charge in [0, 0.05) is 25.4 Å². The van der Waals surface area contributed by atoms with Crippen molar-refractivity contribution < 1.29 is 56.4 Å². The Bertz CT molecular complexity index is 197. The molecule has 1 radical (unpaired) electrons. The quantitative estimate of drug-likeness (QED) is 0.685. The van der Waals surface area contributed by atoms with Gasteiger partial charge in [-0.25, -0.2) is 4.79 Å². The van der Waals surface area contributed by atoms with Gasteiger partial charge in [0.25, 0.3) is 0 Å². The number of nitrogens with zero attached hydrogens (tertiary/aromatic N) is 1. The largest absolute Gasteiger partial charge is 3.00 e. The van der Waals surface area contributed by atoms with E-state index in [9.17, 15) is 9.59 Å². The van der Waals surface area contributed by atoms with Crippen LogP contribution in [0.4, 0.5) is 4.79 Å². The van der Waals surface area contributed by atoms with Crippen LogP contribution in [0.25, 0.3) is 0 Å². The molecule has 1 aliphatic heterocycles. The van der Waals surface area contributed by atoms with E-state index in [1.54, 1.807) is 6.92 Å². The molecule has 0 aromatic carbocycles. The molecule has 1 heterocycles. The van der Waals surface area contributed by atoms with Crippen LogP contribution in [-0.2, 0) is 4.79 Å². The first-order valence-electron chi connectivity index (χ1n) is 3.62. The molecule has 1 saturated heterocycles. The summed E-state index contributed by atoms with van der Waals surface area (Å²) in [6.45, 7) is 2.48. The van der Waals surface area contributed by atoms with Gasteiger partial charge in [0.1, 0.15) is 5.78 Å². The molecule has 1 rings (SSSR count). The smallest absolute Gasteiger partial charge is 0.465 e. The second-order valence-corrected chi connectivity index (χ2v) is 2.85. The molecule has 4 nitrogen and oxygen atoms in total. The summed E-state index contributed by atoms with van der Waals surface area (Å²) < 4.78 is 0. The van der Waals surface area contributed by atoms with Crippen LogP contribution >= 0.6 is 0 Å². The summed E-state index contributed by atoms with van der Waals surface area (Å²) in [5.41, 5.74) is 0. The van der Waals surface area contributed by atoms with Gasteiger partial charge in [-0.05, 0) is 0 Å². The van der Waals surface area contributed by atoms with Crippen LogP contribution in [0.15, 0.2) is 0 Å². The Morgan fingerprint density at radius 1 is 1.40 bits per heavy atom. The van der Waals surface area contributed by atoms with Crippen molar-refractivity contribution >= 4 is 11.9 Å². The Balaban J connectivity index is -0.000000151. The Kier molecular flexibility index (Phi) is 17.7. The number of piperidine rings is 1. The Hall–Kier alpha value is 0.317. The van der Waals surface area contributed by atoms with Crippen LogP contribution in [0.2, 0.25) is 0 Å². The molecule has 5 heteroatoms. The summed E-state index contributed by atoms with van der Waals surface area (Å²) in [6.07, 6.45) is -0.558. The summed E-state index contributed by atoms with van der Waals surface area (Å²) >= 11 is 0. The maximum atomic E-state index is 10.9. The van der Waals surface area contributed by atoms with Crippen LogP contribution in [-0.4, -0.2) is 35.0 Å². The fourth-order valence-corrected chi connectivity index (χ4v) is 1.19. The first kappa shape index (κ1) is 24.5. The van der Waals surface area contributed by atoms with Crippen LogP contribution in [0.1, 0.15) is 13.3 Å². The minimum absolute atomic E-state index is 0. The predicted octanol–water partition coefficient (Wildman–Crippen LogP) is 1.93. The molecular formula is C10H20CeNO3. The molecular weight excluding hydrogens is 322 g/mol. The normalized spacial score (nSPS) is 18.6. The van der Waals surface area contributed by atoms with Crippen molar-refractivity contribution in [3.63, 3.8) is 0 Å². The SMILES string of the molecule is CC1CN(C(=O)O)CCC1=O.[CH3-].[CH3-].[CH3-].[Ce+3]. The maximum absolute atomic E-state index is 10.9. The molecule has 0 bridgehead atoms. The van der Waals surface area contributed by atoms with Crippen molar-refractivity contribution in [1.29, 1.82) is 0 Å². The fraction of sp³-hybridized carbons (Fsp3) is 0.500. The van der Waals surface area contributed by atoms with E-state index in [1.807, 2.05) is 0 Å². The average Bonchev–Trinajstić information content (AvgIpc) is 1.94. The van der Waals surface area contributed by atoms with E-state index in [4.69, 9.17) is 5.11 Å². The zero-order chi connectivity index (χ0) is 8.43. The Labute approximate surface area is 127 Å². The Morgan fingerprint density at radius 3 is 2.20 bits per heavy atom. The number of rotatable bonds is 0. The summed E-state index contributed by atoms with van der Waals surface area (Å²) in [5, 5.41) is 8.56. The van der Waals surface area contributed by atoms with E-state index in [-0.39, 0.29) is 75.7 Å².